The summed E-state index contributed by atoms with van der Waals surface area (Å²) < 4.78 is 7.28. The third-order valence-electron chi connectivity index (χ3n) is 2.87. The molecule has 1 aromatic carbocycles. The molecule has 1 atom stereocenters. The van der Waals surface area contributed by atoms with Crippen LogP contribution in [0.2, 0.25) is 0 Å². The molecule has 0 aliphatic rings. The summed E-state index contributed by atoms with van der Waals surface area (Å²) in [5.74, 6) is 0.832. The highest BCUT2D eigenvalue weighted by Crippen LogP contribution is 2.37. The van der Waals surface area contributed by atoms with E-state index in [-0.39, 0.29) is 6.04 Å². The quantitative estimate of drug-likeness (QED) is 0.933. The van der Waals surface area contributed by atoms with E-state index in [1.165, 1.54) is 0 Å². The van der Waals surface area contributed by atoms with E-state index in [4.69, 9.17) is 10.5 Å². The Bertz CT molecular complexity index is 578. The van der Waals surface area contributed by atoms with Gasteiger partial charge in [0.1, 0.15) is 5.75 Å². The molecule has 2 rings (SSSR count). The van der Waals surface area contributed by atoms with Crippen LogP contribution in [0.15, 0.2) is 34.2 Å². The number of hydrogen-bond donors (Lipinski definition) is 1. The molecule has 0 saturated carbocycles. The minimum Gasteiger partial charge on any atom is -0.496 e. The van der Waals surface area contributed by atoms with Crippen LogP contribution in [0.25, 0.3) is 0 Å². The van der Waals surface area contributed by atoms with Gasteiger partial charge in [-0.25, -0.2) is 0 Å². The first-order chi connectivity index (χ1) is 9.02. The van der Waals surface area contributed by atoms with Crippen LogP contribution >= 0.6 is 11.8 Å². The maximum Gasteiger partial charge on any atom is 0.124 e. The standard InChI is InChI=1S/C14H19N3OS/c1-9-8-13(17(3)16-9)19-12-7-5-6-11(18-4)14(12)10(2)15/h5-8,10H,15H2,1-4H3. The molecule has 102 valence electrons. The Morgan fingerprint density at radius 1 is 1.42 bits per heavy atom. The molecule has 2 N–H and O–H groups in total. The van der Waals surface area contributed by atoms with Crippen LogP contribution in [0.3, 0.4) is 0 Å². The molecular formula is C14H19N3OS. The number of aryl methyl sites for hydroxylation is 2. The van der Waals surface area contributed by atoms with Gasteiger partial charge < -0.3 is 10.5 Å². The molecule has 19 heavy (non-hydrogen) atoms. The Hall–Kier alpha value is -1.46. The highest BCUT2D eigenvalue weighted by atomic mass is 32.2. The van der Waals surface area contributed by atoms with Crippen molar-refractivity contribution in [2.24, 2.45) is 12.8 Å². The molecule has 0 spiro atoms. The Kier molecular flexibility index (Phi) is 4.17. The van der Waals surface area contributed by atoms with Crippen molar-refractivity contribution >= 4 is 11.8 Å². The molecule has 0 aliphatic carbocycles. The van der Waals surface area contributed by atoms with Crippen LogP contribution in [-0.4, -0.2) is 16.9 Å². The lowest BCUT2D eigenvalue weighted by Crippen LogP contribution is -2.08. The van der Waals surface area contributed by atoms with Crippen molar-refractivity contribution in [3.05, 3.63) is 35.5 Å². The van der Waals surface area contributed by atoms with Gasteiger partial charge in [-0.1, -0.05) is 17.8 Å². The van der Waals surface area contributed by atoms with Gasteiger partial charge in [0.05, 0.1) is 17.8 Å². The molecule has 0 saturated heterocycles. The molecule has 0 amide bonds. The summed E-state index contributed by atoms with van der Waals surface area (Å²) in [6.45, 7) is 3.96. The van der Waals surface area contributed by atoms with Crippen LogP contribution in [0, 0.1) is 6.92 Å². The average molecular weight is 277 g/mol. The molecule has 5 heteroatoms. The zero-order valence-electron chi connectivity index (χ0n) is 11.7. The molecule has 0 aliphatic heterocycles. The predicted octanol–water partition coefficient (Wildman–Crippen LogP) is 2.91. The SMILES string of the molecule is COc1cccc(Sc2cc(C)nn2C)c1C(C)N. The lowest BCUT2D eigenvalue weighted by molar-refractivity contribution is 0.405. The van der Waals surface area contributed by atoms with Crippen LogP contribution < -0.4 is 10.5 Å². The molecule has 0 fully saturated rings. The van der Waals surface area contributed by atoms with Crippen LogP contribution in [0.5, 0.6) is 5.75 Å². The molecular weight excluding hydrogens is 258 g/mol. The number of ether oxygens (including phenoxy) is 1. The van der Waals surface area contributed by atoms with Gasteiger partial charge in [0.2, 0.25) is 0 Å². The summed E-state index contributed by atoms with van der Waals surface area (Å²) in [7, 11) is 3.62. The van der Waals surface area contributed by atoms with Gasteiger partial charge in [0.15, 0.2) is 0 Å². The topological polar surface area (TPSA) is 53.1 Å². The van der Waals surface area contributed by atoms with Crippen molar-refractivity contribution in [3.63, 3.8) is 0 Å². The lowest BCUT2D eigenvalue weighted by atomic mass is 10.1. The maximum atomic E-state index is 6.07. The van der Waals surface area contributed by atoms with E-state index in [9.17, 15) is 0 Å². The third-order valence-corrected chi connectivity index (χ3v) is 4.04. The van der Waals surface area contributed by atoms with Gasteiger partial charge in [-0.2, -0.15) is 5.10 Å². The number of benzene rings is 1. The number of hydrogen-bond acceptors (Lipinski definition) is 4. The van der Waals surface area contributed by atoms with Gasteiger partial charge in [-0.15, -0.1) is 0 Å². The number of aromatic nitrogens is 2. The predicted molar refractivity (Wildman–Crippen MR) is 77.7 cm³/mol. The Labute approximate surface area is 117 Å². The van der Waals surface area contributed by atoms with Gasteiger partial charge in [-0.05, 0) is 32.0 Å². The second kappa shape index (κ2) is 5.67. The number of nitrogens with two attached hydrogens (primary N) is 1. The first-order valence-electron chi connectivity index (χ1n) is 6.14. The number of nitrogens with zero attached hydrogens (tertiary/aromatic N) is 2. The fourth-order valence-corrected chi connectivity index (χ4v) is 3.21. The van der Waals surface area contributed by atoms with E-state index >= 15 is 0 Å². The molecule has 0 radical (unpaired) electrons. The highest BCUT2D eigenvalue weighted by Gasteiger charge is 2.15. The van der Waals surface area contributed by atoms with E-state index < -0.39 is 0 Å². The highest BCUT2D eigenvalue weighted by molar-refractivity contribution is 7.99. The molecule has 0 bridgehead atoms. The zero-order chi connectivity index (χ0) is 14.0. The summed E-state index contributed by atoms with van der Waals surface area (Å²) in [6, 6.07) is 7.98. The Morgan fingerprint density at radius 2 is 2.16 bits per heavy atom. The molecule has 1 heterocycles. The molecule has 4 nitrogen and oxygen atoms in total. The summed E-state index contributed by atoms with van der Waals surface area (Å²) in [5.41, 5.74) is 8.12. The Balaban J connectivity index is 2.42. The van der Waals surface area contributed by atoms with Gasteiger partial charge >= 0.3 is 0 Å². The normalized spacial score (nSPS) is 12.5. The second-order valence-corrected chi connectivity index (χ2v) is 5.57. The van der Waals surface area contributed by atoms with Crippen molar-refractivity contribution in [1.82, 2.24) is 9.78 Å². The van der Waals surface area contributed by atoms with Crippen LogP contribution in [0.4, 0.5) is 0 Å². The van der Waals surface area contributed by atoms with E-state index in [2.05, 4.69) is 17.2 Å². The number of rotatable bonds is 4. The summed E-state index contributed by atoms with van der Waals surface area (Å²) in [5, 5.41) is 5.45. The van der Waals surface area contributed by atoms with Gasteiger partial charge in [0, 0.05) is 23.5 Å². The van der Waals surface area contributed by atoms with Gasteiger partial charge in [-0.3, -0.25) is 4.68 Å². The van der Waals surface area contributed by atoms with Crippen molar-refractivity contribution in [2.75, 3.05) is 7.11 Å². The van der Waals surface area contributed by atoms with Crippen molar-refractivity contribution in [2.45, 2.75) is 29.8 Å². The lowest BCUT2D eigenvalue weighted by Gasteiger charge is -2.16. The Morgan fingerprint density at radius 3 is 2.68 bits per heavy atom. The van der Waals surface area contributed by atoms with E-state index in [0.717, 1.165) is 26.9 Å². The summed E-state index contributed by atoms with van der Waals surface area (Å²) in [6.07, 6.45) is 0. The van der Waals surface area contributed by atoms with E-state index in [0.29, 0.717) is 0 Å². The van der Waals surface area contributed by atoms with Crippen molar-refractivity contribution in [3.8, 4) is 5.75 Å². The van der Waals surface area contributed by atoms with Crippen molar-refractivity contribution in [1.29, 1.82) is 0 Å². The fraction of sp³-hybridized carbons (Fsp3) is 0.357. The summed E-state index contributed by atoms with van der Waals surface area (Å²) in [4.78, 5) is 1.11. The molecule has 1 unspecified atom stereocenters. The first kappa shape index (κ1) is 14.0. The first-order valence-corrected chi connectivity index (χ1v) is 6.95. The second-order valence-electron chi connectivity index (χ2n) is 4.51. The maximum absolute atomic E-state index is 6.07. The van der Waals surface area contributed by atoms with Crippen LogP contribution in [-0.2, 0) is 7.05 Å². The van der Waals surface area contributed by atoms with Crippen molar-refractivity contribution < 1.29 is 4.74 Å². The number of methoxy groups -OCH3 is 1. The minimum absolute atomic E-state index is 0.0759. The van der Waals surface area contributed by atoms with Gasteiger partial charge in [0.25, 0.3) is 0 Å². The molecule has 1 aromatic heterocycles. The van der Waals surface area contributed by atoms with E-state index in [1.807, 2.05) is 37.7 Å². The van der Waals surface area contributed by atoms with E-state index in [1.54, 1.807) is 18.9 Å². The average Bonchev–Trinajstić information content (AvgIpc) is 2.67. The fourth-order valence-electron chi connectivity index (χ4n) is 2.03. The largest absolute Gasteiger partial charge is 0.496 e. The molecule has 2 aromatic rings. The monoisotopic (exact) mass is 277 g/mol. The minimum atomic E-state index is -0.0759. The van der Waals surface area contributed by atoms with Crippen LogP contribution in [0.1, 0.15) is 24.2 Å². The zero-order valence-corrected chi connectivity index (χ0v) is 12.5. The smallest absolute Gasteiger partial charge is 0.124 e. The third kappa shape index (κ3) is 2.93. The summed E-state index contributed by atoms with van der Waals surface area (Å²) >= 11 is 1.66.